The van der Waals surface area contributed by atoms with Gasteiger partial charge in [-0.15, -0.1) is 21.6 Å². The zero-order valence-electron chi connectivity index (χ0n) is 7.31. The van der Waals surface area contributed by atoms with Crippen LogP contribution < -0.4 is 5.56 Å². The number of aromatic amines is 2. The van der Waals surface area contributed by atoms with Crippen LogP contribution in [0.15, 0.2) is 26.6 Å². The molecule has 72 valence electrons. The van der Waals surface area contributed by atoms with Gasteiger partial charge in [0.25, 0.3) is 5.56 Å². The molecule has 7 heteroatoms. The first-order valence-corrected chi connectivity index (χ1v) is 4.74. The first kappa shape index (κ1) is 8.82. The molecule has 0 bridgehead atoms. The van der Waals surface area contributed by atoms with Crippen LogP contribution in [0, 0.1) is 6.92 Å². The topological polar surface area (TPSA) is 86.3 Å². The predicted octanol–water partition coefficient (Wildman–Crippen LogP) is 1.88. The molecule has 0 aliphatic heterocycles. The summed E-state index contributed by atoms with van der Waals surface area (Å²) in [5, 5.41) is 15.0. The van der Waals surface area contributed by atoms with Crippen LogP contribution in [0.25, 0.3) is 0 Å². The third kappa shape index (κ3) is 1.62. The molecular formula is C7H7N5OS. The molecule has 2 heterocycles. The van der Waals surface area contributed by atoms with E-state index in [1.54, 1.807) is 18.5 Å². The highest BCUT2D eigenvalue weighted by Gasteiger charge is 2.03. The smallest absolute Gasteiger partial charge is 0.291 e. The van der Waals surface area contributed by atoms with Gasteiger partial charge in [-0.05, 0) is 6.92 Å². The Hall–Kier alpha value is -1.76. The van der Waals surface area contributed by atoms with Crippen LogP contribution in [0.3, 0.4) is 0 Å². The first-order chi connectivity index (χ1) is 6.77. The van der Waals surface area contributed by atoms with Crippen molar-refractivity contribution in [3.63, 3.8) is 0 Å². The largest absolute Gasteiger partial charge is 0.300 e. The van der Waals surface area contributed by atoms with Crippen LogP contribution in [-0.4, -0.2) is 15.2 Å². The lowest BCUT2D eigenvalue weighted by atomic mass is 10.4. The van der Waals surface area contributed by atoms with Gasteiger partial charge in [0.15, 0.2) is 5.69 Å². The van der Waals surface area contributed by atoms with Crippen LogP contribution in [0.1, 0.15) is 5.69 Å². The van der Waals surface area contributed by atoms with Crippen molar-refractivity contribution < 1.29 is 0 Å². The van der Waals surface area contributed by atoms with Crippen molar-refractivity contribution in [2.24, 2.45) is 10.2 Å². The minimum absolute atomic E-state index is 0.275. The number of hydrogen-bond donors (Lipinski definition) is 2. The lowest BCUT2D eigenvalue weighted by molar-refractivity contribution is 1.02. The number of nitrogens with one attached hydrogen (secondary N) is 2. The molecular weight excluding hydrogens is 202 g/mol. The van der Waals surface area contributed by atoms with E-state index in [1.165, 1.54) is 11.3 Å². The molecule has 6 nitrogen and oxygen atoms in total. The molecule has 14 heavy (non-hydrogen) atoms. The van der Waals surface area contributed by atoms with Crippen molar-refractivity contribution >= 4 is 22.2 Å². The number of H-pyrrole nitrogens is 2. The quantitative estimate of drug-likeness (QED) is 0.740. The van der Waals surface area contributed by atoms with Gasteiger partial charge < -0.3 is 5.10 Å². The van der Waals surface area contributed by atoms with Crippen molar-refractivity contribution in [3.05, 3.63) is 27.6 Å². The minimum atomic E-state index is -0.275. The second kappa shape index (κ2) is 3.54. The van der Waals surface area contributed by atoms with Crippen molar-refractivity contribution in [2.45, 2.75) is 6.92 Å². The Morgan fingerprint density at radius 2 is 2.29 bits per heavy atom. The maximum Gasteiger partial charge on any atom is 0.291 e. The van der Waals surface area contributed by atoms with E-state index in [-0.39, 0.29) is 5.56 Å². The number of thiazole rings is 1. The van der Waals surface area contributed by atoms with Crippen LogP contribution in [0.4, 0.5) is 10.8 Å². The Labute approximate surface area is 82.7 Å². The van der Waals surface area contributed by atoms with E-state index in [0.29, 0.717) is 16.5 Å². The molecule has 0 unspecified atom stereocenters. The van der Waals surface area contributed by atoms with Crippen LogP contribution in [0.5, 0.6) is 0 Å². The van der Waals surface area contributed by atoms with E-state index in [4.69, 9.17) is 0 Å². The van der Waals surface area contributed by atoms with Gasteiger partial charge in [-0.25, -0.2) is 4.98 Å². The second-order valence-electron chi connectivity index (χ2n) is 2.57. The maximum absolute atomic E-state index is 11.1. The number of azo groups is 1. The Morgan fingerprint density at radius 1 is 1.43 bits per heavy atom. The fraction of sp³-hybridized carbons (Fsp3) is 0.143. The van der Waals surface area contributed by atoms with Crippen LogP contribution >= 0.6 is 11.3 Å². The number of rotatable bonds is 2. The summed E-state index contributed by atoms with van der Waals surface area (Å²) in [5.74, 6) is 0. The molecule has 0 spiro atoms. The van der Waals surface area contributed by atoms with Gasteiger partial charge in [0, 0.05) is 11.6 Å². The van der Waals surface area contributed by atoms with E-state index in [0.717, 1.165) is 0 Å². The van der Waals surface area contributed by atoms with Crippen LogP contribution in [-0.2, 0) is 0 Å². The molecule has 2 N–H and O–H groups in total. The lowest BCUT2D eigenvalue weighted by Crippen LogP contribution is -1.96. The molecule has 0 aliphatic carbocycles. The molecule has 0 atom stereocenters. The van der Waals surface area contributed by atoms with E-state index < -0.39 is 0 Å². The average molecular weight is 209 g/mol. The third-order valence-electron chi connectivity index (χ3n) is 1.59. The zero-order chi connectivity index (χ0) is 9.97. The molecule has 2 rings (SSSR count). The first-order valence-electron chi connectivity index (χ1n) is 3.86. The summed E-state index contributed by atoms with van der Waals surface area (Å²) < 4.78 is 0. The van der Waals surface area contributed by atoms with Crippen molar-refractivity contribution in [2.75, 3.05) is 0 Å². The van der Waals surface area contributed by atoms with Gasteiger partial charge in [0.1, 0.15) is 0 Å². The van der Waals surface area contributed by atoms with Gasteiger partial charge in [-0.3, -0.25) is 9.89 Å². The SMILES string of the molecule is Cc1[nH][nH]c(=O)c1N=Nc1nccs1. The fourth-order valence-corrected chi connectivity index (χ4v) is 1.37. The number of nitrogens with zero attached hydrogens (tertiary/aromatic N) is 3. The molecule has 0 fully saturated rings. The maximum atomic E-state index is 11.1. The second-order valence-corrected chi connectivity index (χ2v) is 3.44. The summed E-state index contributed by atoms with van der Waals surface area (Å²) >= 11 is 1.36. The van der Waals surface area contributed by atoms with E-state index in [1.807, 2.05) is 0 Å². The highest BCUT2D eigenvalue weighted by Crippen LogP contribution is 2.18. The highest BCUT2D eigenvalue weighted by atomic mass is 32.1. The van der Waals surface area contributed by atoms with Crippen LogP contribution in [0.2, 0.25) is 0 Å². The van der Waals surface area contributed by atoms with Crippen molar-refractivity contribution in [1.29, 1.82) is 0 Å². The summed E-state index contributed by atoms with van der Waals surface area (Å²) in [6, 6.07) is 0. The van der Waals surface area contributed by atoms with Gasteiger partial charge >= 0.3 is 0 Å². The Balaban J connectivity index is 2.31. The Morgan fingerprint density at radius 3 is 2.86 bits per heavy atom. The van der Waals surface area contributed by atoms with Gasteiger partial charge in [-0.2, -0.15) is 0 Å². The normalized spacial score (nSPS) is 11.2. The Bertz CT molecular complexity index is 494. The Kier molecular flexibility index (Phi) is 2.23. The van der Waals surface area contributed by atoms with E-state index in [9.17, 15) is 4.79 Å². The van der Waals surface area contributed by atoms with Gasteiger partial charge in [0.05, 0.1) is 5.69 Å². The molecule has 0 amide bonds. The zero-order valence-corrected chi connectivity index (χ0v) is 8.13. The van der Waals surface area contributed by atoms with Crippen molar-refractivity contribution in [3.8, 4) is 0 Å². The fourth-order valence-electron chi connectivity index (χ4n) is 0.918. The lowest BCUT2D eigenvalue weighted by Gasteiger charge is -1.84. The number of aromatic nitrogens is 3. The average Bonchev–Trinajstić information content (AvgIpc) is 2.76. The van der Waals surface area contributed by atoms with Crippen molar-refractivity contribution in [1.82, 2.24) is 15.2 Å². The molecule has 2 aromatic heterocycles. The third-order valence-corrected chi connectivity index (χ3v) is 2.24. The van der Waals surface area contributed by atoms with E-state index in [2.05, 4.69) is 25.4 Å². The predicted molar refractivity (Wildman–Crippen MR) is 52.4 cm³/mol. The number of aryl methyl sites for hydroxylation is 1. The summed E-state index contributed by atoms with van der Waals surface area (Å²) in [6.45, 7) is 1.74. The van der Waals surface area contributed by atoms with Gasteiger partial charge in [-0.1, -0.05) is 0 Å². The molecule has 0 saturated heterocycles. The molecule has 0 saturated carbocycles. The summed E-state index contributed by atoms with van der Waals surface area (Å²) in [5.41, 5.74) is 0.679. The molecule has 0 aliphatic rings. The summed E-state index contributed by atoms with van der Waals surface area (Å²) in [4.78, 5) is 15.1. The summed E-state index contributed by atoms with van der Waals surface area (Å²) in [6.07, 6.45) is 1.63. The van der Waals surface area contributed by atoms with Gasteiger partial charge in [0.2, 0.25) is 5.13 Å². The standard InChI is InChI=1S/C7H7N5OS/c1-4-5(6(13)11-9-4)10-12-7-8-2-3-14-7/h2-3H,1H3,(H2,9,11,13). The highest BCUT2D eigenvalue weighted by molar-refractivity contribution is 7.13. The minimum Gasteiger partial charge on any atom is -0.300 e. The monoisotopic (exact) mass is 209 g/mol. The molecule has 0 aromatic carbocycles. The molecule has 0 radical (unpaired) electrons. The summed E-state index contributed by atoms with van der Waals surface area (Å²) in [7, 11) is 0. The van der Waals surface area contributed by atoms with E-state index >= 15 is 0 Å². The molecule has 2 aromatic rings. The number of hydrogen-bond acceptors (Lipinski definition) is 5.